The number of nitrogens with one attached hydrogen (secondary N) is 1. The Hall–Kier alpha value is -3.12. The van der Waals surface area contributed by atoms with Gasteiger partial charge in [-0.1, -0.05) is 50.6 Å². The number of hydrogen-bond acceptors (Lipinski definition) is 6. The topological polar surface area (TPSA) is 73.9 Å². The van der Waals surface area contributed by atoms with Crippen molar-refractivity contribution in [2.75, 3.05) is 19.8 Å². The summed E-state index contributed by atoms with van der Waals surface area (Å²) in [4.78, 5) is 24.2. The molecule has 6 nitrogen and oxygen atoms in total. The molecule has 1 N–H and O–H groups in total. The molecule has 6 heteroatoms. The molecule has 0 aliphatic carbocycles. The van der Waals surface area contributed by atoms with Crippen LogP contribution in [-0.4, -0.2) is 37.3 Å². The molecule has 0 amide bonds. The Balaban J connectivity index is 2.25. The van der Waals surface area contributed by atoms with Crippen molar-refractivity contribution >= 4 is 18.0 Å². The Labute approximate surface area is 216 Å². The van der Waals surface area contributed by atoms with Crippen LogP contribution in [0.25, 0.3) is 17.2 Å². The van der Waals surface area contributed by atoms with Crippen LogP contribution >= 0.6 is 0 Å². The summed E-state index contributed by atoms with van der Waals surface area (Å²) >= 11 is 0. The highest BCUT2D eigenvalue weighted by Gasteiger charge is 2.16. The lowest BCUT2D eigenvalue weighted by Crippen LogP contribution is -2.31. The van der Waals surface area contributed by atoms with Crippen molar-refractivity contribution in [1.29, 1.82) is 0 Å². The highest BCUT2D eigenvalue weighted by molar-refractivity contribution is 5.93. The lowest BCUT2D eigenvalue weighted by atomic mass is 9.99. The van der Waals surface area contributed by atoms with Gasteiger partial charge < -0.3 is 19.5 Å². The van der Waals surface area contributed by atoms with E-state index in [1.807, 2.05) is 70.2 Å². The molecule has 0 fully saturated rings. The second kappa shape index (κ2) is 14.4. The van der Waals surface area contributed by atoms with E-state index in [0.717, 1.165) is 40.8 Å². The zero-order valence-corrected chi connectivity index (χ0v) is 22.6. The third-order valence-electron chi connectivity index (χ3n) is 5.28. The fourth-order valence-corrected chi connectivity index (χ4v) is 3.58. The van der Waals surface area contributed by atoms with Gasteiger partial charge in [-0.2, -0.15) is 0 Å². The maximum absolute atomic E-state index is 12.2. The smallest absolute Gasteiger partial charge is 0.333 e. The third kappa shape index (κ3) is 9.86. The molecule has 2 aromatic carbocycles. The second-order valence-electron chi connectivity index (χ2n) is 9.59. The quantitative estimate of drug-likeness (QED) is 0.199. The van der Waals surface area contributed by atoms with Gasteiger partial charge in [0.1, 0.15) is 11.4 Å². The normalized spacial score (nSPS) is 11.8. The average molecular weight is 496 g/mol. The molecule has 0 saturated carbocycles. The Bertz CT molecular complexity index is 1040. The first-order valence-corrected chi connectivity index (χ1v) is 12.8. The molecule has 36 heavy (non-hydrogen) atoms. The van der Waals surface area contributed by atoms with E-state index >= 15 is 0 Å². The fraction of sp³-hybridized carbons (Fsp3) is 0.467. The highest BCUT2D eigenvalue weighted by Crippen LogP contribution is 2.33. The van der Waals surface area contributed by atoms with E-state index in [-0.39, 0.29) is 18.5 Å². The first-order valence-electron chi connectivity index (χ1n) is 12.8. The molecule has 0 atom stereocenters. The van der Waals surface area contributed by atoms with Crippen LogP contribution in [0.4, 0.5) is 0 Å². The standard InChI is InChI=1S/C30H41NO5/c1-7-10-16-35-27-19-22(17-24(8-2)29(33)34-9-3)14-15-26(27)25-13-11-12-23(18-25)20-31-21-28(32)36-30(4,5)6/h11-15,17-19,31H,7-10,16,20-21H2,1-6H3/b24-17+. The number of benzene rings is 2. The van der Waals surface area contributed by atoms with Gasteiger partial charge in [0.15, 0.2) is 0 Å². The van der Waals surface area contributed by atoms with Crippen LogP contribution in [0, 0.1) is 0 Å². The Morgan fingerprint density at radius 1 is 1.03 bits per heavy atom. The van der Waals surface area contributed by atoms with Crippen molar-refractivity contribution in [1.82, 2.24) is 5.32 Å². The number of carbonyl (C=O) groups excluding carboxylic acids is 2. The second-order valence-corrected chi connectivity index (χ2v) is 9.59. The Kier molecular flexibility index (Phi) is 11.7. The summed E-state index contributed by atoms with van der Waals surface area (Å²) in [7, 11) is 0. The van der Waals surface area contributed by atoms with Crippen molar-refractivity contribution in [2.24, 2.45) is 0 Å². The number of ether oxygens (including phenoxy) is 3. The summed E-state index contributed by atoms with van der Waals surface area (Å²) in [5, 5.41) is 3.16. The lowest BCUT2D eigenvalue weighted by Gasteiger charge is -2.19. The summed E-state index contributed by atoms with van der Waals surface area (Å²) in [6.45, 7) is 13.1. The fourth-order valence-electron chi connectivity index (χ4n) is 3.58. The number of rotatable bonds is 13. The van der Waals surface area contributed by atoms with Crippen molar-refractivity contribution in [2.45, 2.75) is 73.0 Å². The molecule has 0 bridgehead atoms. The number of carbonyl (C=O) groups is 2. The Morgan fingerprint density at radius 2 is 1.81 bits per heavy atom. The van der Waals surface area contributed by atoms with Crippen molar-refractivity contribution < 1.29 is 23.8 Å². The molecule has 0 spiro atoms. The molecular formula is C30H41NO5. The van der Waals surface area contributed by atoms with E-state index in [1.165, 1.54) is 0 Å². The van der Waals surface area contributed by atoms with Crippen LogP contribution in [0.1, 0.15) is 71.9 Å². The molecule has 2 aromatic rings. The van der Waals surface area contributed by atoms with Gasteiger partial charge in [-0.25, -0.2) is 4.79 Å². The van der Waals surface area contributed by atoms with Gasteiger partial charge in [0, 0.05) is 17.7 Å². The van der Waals surface area contributed by atoms with Crippen molar-refractivity contribution in [3.8, 4) is 16.9 Å². The minimum absolute atomic E-state index is 0.147. The molecule has 0 radical (unpaired) electrons. The maximum Gasteiger partial charge on any atom is 0.333 e. The highest BCUT2D eigenvalue weighted by atomic mass is 16.6. The van der Waals surface area contributed by atoms with E-state index in [9.17, 15) is 9.59 Å². The number of esters is 2. The van der Waals surface area contributed by atoms with Crippen LogP contribution in [0.2, 0.25) is 0 Å². The van der Waals surface area contributed by atoms with Gasteiger partial charge in [0.25, 0.3) is 0 Å². The van der Waals surface area contributed by atoms with Gasteiger partial charge in [-0.3, -0.25) is 4.79 Å². The van der Waals surface area contributed by atoms with Gasteiger partial charge in [-0.15, -0.1) is 0 Å². The van der Waals surface area contributed by atoms with E-state index < -0.39 is 5.60 Å². The minimum atomic E-state index is -0.498. The van der Waals surface area contributed by atoms with Gasteiger partial charge >= 0.3 is 11.9 Å². The summed E-state index contributed by atoms with van der Waals surface area (Å²) in [6.07, 6.45) is 4.45. The summed E-state index contributed by atoms with van der Waals surface area (Å²) in [6, 6.07) is 14.2. The number of unbranched alkanes of at least 4 members (excludes halogenated alkanes) is 1. The van der Waals surface area contributed by atoms with Gasteiger partial charge in [0.05, 0.1) is 19.8 Å². The maximum atomic E-state index is 12.2. The van der Waals surface area contributed by atoms with Gasteiger partial charge in [0.2, 0.25) is 0 Å². The van der Waals surface area contributed by atoms with Crippen LogP contribution in [0.15, 0.2) is 48.0 Å². The molecule has 196 valence electrons. The molecule has 2 rings (SSSR count). The molecule has 0 aromatic heterocycles. The summed E-state index contributed by atoms with van der Waals surface area (Å²) < 4.78 is 16.7. The largest absolute Gasteiger partial charge is 0.493 e. The molecular weight excluding hydrogens is 454 g/mol. The van der Waals surface area contributed by atoms with Crippen LogP contribution < -0.4 is 10.1 Å². The zero-order chi connectivity index (χ0) is 26.6. The molecule has 0 heterocycles. The predicted octanol–water partition coefficient (Wildman–Crippen LogP) is 6.32. The van der Waals surface area contributed by atoms with E-state index in [1.54, 1.807) is 6.92 Å². The van der Waals surface area contributed by atoms with Gasteiger partial charge in [-0.05, 0) is 75.4 Å². The van der Waals surface area contributed by atoms with E-state index in [2.05, 4.69) is 18.3 Å². The first kappa shape index (κ1) is 29.1. The van der Waals surface area contributed by atoms with E-state index in [4.69, 9.17) is 14.2 Å². The molecule has 0 aliphatic rings. The monoisotopic (exact) mass is 495 g/mol. The lowest BCUT2D eigenvalue weighted by molar-refractivity contribution is -0.153. The summed E-state index contributed by atoms with van der Waals surface area (Å²) in [5.74, 6) is 0.211. The SMILES string of the molecule is CCCCOc1cc(/C=C(\CC)C(=O)OCC)ccc1-c1cccc(CNCC(=O)OC(C)(C)C)c1. The van der Waals surface area contributed by atoms with Crippen LogP contribution in [-0.2, 0) is 25.6 Å². The minimum Gasteiger partial charge on any atom is -0.493 e. The van der Waals surface area contributed by atoms with Crippen LogP contribution in [0.3, 0.4) is 0 Å². The first-order chi connectivity index (χ1) is 17.2. The molecule has 0 unspecified atom stereocenters. The average Bonchev–Trinajstić information content (AvgIpc) is 2.82. The zero-order valence-electron chi connectivity index (χ0n) is 22.6. The molecule has 0 saturated heterocycles. The van der Waals surface area contributed by atoms with E-state index in [0.29, 0.717) is 31.8 Å². The predicted molar refractivity (Wildman–Crippen MR) is 145 cm³/mol. The third-order valence-corrected chi connectivity index (χ3v) is 5.28. The Morgan fingerprint density at radius 3 is 2.47 bits per heavy atom. The number of hydrogen-bond donors (Lipinski definition) is 1. The van der Waals surface area contributed by atoms with Crippen molar-refractivity contribution in [3.63, 3.8) is 0 Å². The summed E-state index contributed by atoms with van der Waals surface area (Å²) in [5.41, 5.74) is 4.08. The van der Waals surface area contributed by atoms with Crippen molar-refractivity contribution in [3.05, 3.63) is 59.2 Å². The van der Waals surface area contributed by atoms with Crippen LogP contribution in [0.5, 0.6) is 5.75 Å². The molecule has 0 aliphatic heterocycles.